The van der Waals surface area contributed by atoms with Crippen LogP contribution in [-0.2, 0) is 9.59 Å². The number of ether oxygens (including phenoxy) is 1. The SMILES string of the molecule is COc1ccc(C(=O)CCC(=O)N2CCC(CC(=O)O)CC2)cc1F. The molecule has 0 unspecified atom stereocenters. The van der Waals surface area contributed by atoms with Crippen molar-refractivity contribution in [3.05, 3.63) is 29.6 Å². The molecule has 1 aromatic carbocycles. The summed E-state index contributed by atoms with van der Waals surface area (Å²) in [5.74, 6) is -1.68. The van der Waals surface area contributed by atoms with E-state index in [1.54, 1.807) is 4.90 Å². The van der Waals surface area contributed by atoms with Crippen molar-refractivity contribution in [2.75, 3.05) is 20.2 Å². The number of aliphatic carboxylic acids is 1. The Morgan fingerprint density at radius 1 is 1.24 bits per heavy atom. The third kappa shape index (κ3) is 5.27. The summed E-state index contributed by atoms with van der Waals surface area (Å²) < 4.78 is 18.4. The molecule has 2 rings (SSSR count). The van der Waals surface area contributed by atoms with E-state index in [0.717, 1.165) is 6.07 Å². The number of piperidine rings is 1. The third-order valence-corrected chi connectivity index (χ3v) is 4.47. The minimum absolute atomic E-state index is 0.0135. The van der Waals surface area contributed by atoms with Gasteiger partial charge in [0.05, 0.1) is 7.11 Å². The quantitative estimate of drug-likeness (QED) is 0.763. The van der Waals surface area contributed by atoms with Gasteiger partial charge in [0.2, 0.25) is 5.91 Å². The largest absolute Gasteiger partial charge is 0.494 e. The normalized spacial score (nSPS) is 15.0. The van der Waals surface area contributed by atoms with E-state index in [4.69, 9.17) is 9.84 Å². The molecule has 0 aliphatic carbocycles. The second-order valence-corrected chi connectivity index (χ2v) is 6.19. The number of hydrogen-bond donors (Lipinski definition) is 1. The number of methoxy groups -OCH3 is 1. The van der Waals surface area contributed by atoms with E-state index in [-0.39, 0.29) is 48.2 Å². The third-order valence-electron chi connectivity index (χ3n) is 4.47. The Hall–Kier alpha value is -2.44. The Morgan fingerprint density at radius 3 is 2.48 bits per heavy atom. The van der Waals surface area contributed by atoms with Crippen molar-refractivity contribution in [3.63, 3.8) is 0 Å². The predicted octanol–water partition coefficient (Wildman–Crippen LogP) is 2.51. The Labute approximate surface area is 145 Å². The van der Waals surface area contributed by atoms with Crippen molar-refractivity contribution in [2.24, 2.45) is 5.92 Å². The van der Waals surface area contributed by atoms with Crippen LogP contribution in [0.15, 0.2) is 18.2 Å². The number of likely N-dealkylation sites (tertiary alicyclic amines) is 1. The number of carboxylic acids is 1. The van der Waals surface area contributed by atoms with Crippen LogP contribution < -0.4 is 4.74 Å². The number of hydrogen-bond acceptors (Lipinski definition) is 4. The molecule has 0 bridgehead atoms. The number of Topliss-reactive ketones (excluding diaryl/α,β-unsaturated/α-hetero) is 1. The Balaban J connectivity index is 1.81. The van der Waals surface area contributed by atoms with Gasteiger partial charge in [-0.2, -0.15) is 0 Å². The van der Waals surface area contributed by atoms with E-state index >= 15 is 0 Å². The Bertz CT molecular complexity index is 653. The topological polar surface area (TPSA) is 83.9 Å². The number of carboxylic acid groups (broad SMARTS) is 1. The van der Waals surface area contributed by atoms with Crippen LogP contribution in [0, 0.1) is 11.7 Å². The molecular weight excluding hydrogens is 329 g/mol. The van der Waals surface area contributed by atoms with Crippen LogP contribution >= 0.6 is 0 Å². The maximum absolute atomic E-state index is 13.6. The summed E-state index contributed by atoms with van der Waals surface area (Å²) in [6, 6.07) is 3.98. The number of amides is 1. The van der Waals surface area contributed by atoms with Gasteiger partial charge in [-0.25, -0.2) is 4.39 Å². The number of nitrogens with zero attached hydrogens (tertiary/aromatic N) is 1. The van der Waals surface area contributed by atoms with Gasteiger partial charge >= 0.3 is 5.97 Å². The van der Waals surface area contributed by atoms with Crippen LogP contribution in [0.1, 0.15) is 42.5 Å². The lowest BCUT2D eigenvalue weighted by molar-refractivity contribution is -0.138. The maximum atomic E-state index is 13.6. The van der Waals surface area contributed by atoms with Gasteiger partial charge in [-0.05, 0) is 37.0 Å². The molecule has 0 atom stereocenters. The van der Waals surface area contributed by atoms with Crippen molar-refractivity contribution in [1.82, 2.24) is 4.90 Å². The molecule has 136 valence electrons. The molecule has 1 saturated heterocycles. The summed E-state index contributed by atoms with van der Waals surface area (Å²) in [6.45, 7) is 1.03. The first-order valence-corrected chi connectivity index (χ1v) is 8.27. The van der Waals surface area contributed by atoms with Gasteiger partial charge in [0.15, 0.2) is 17.3 Å². The van der Waals surface area contributed by atoms with Gasteiger partial charge in [-0.1, -0.05) is 0 Å². The highest BCUT2D eigenvalue weighted by molar-refractivity contribution is 5.98. The molecule has 1 aromatic rings. The molecule has 1 N–H and O–H groups in total. The van der Waals surface area contributed by atoms with Gasteiger partial charge in [0, 0.05) is 37.9 Å². The number of carbonyl (C=O) groups excluding carboxylic acids is 2. The van der Waals surface area contributed by atoms with Crippen molar-refractivity contribution < 1.29 is 28.6 Å². The average Bonchev–Trinajstić information content (AvgIpc) is 2.59. The first-order valence-electron chi connectivity index (χ1n) is 8.27. The molecule has 7 heteroatoms. The van der Waals surface area contributed by atoms with Gasteiger partial charge in [0.1, 0.15) is 0 Å². The van der Waals surface area contributed by atoms with Crippen LogP contribution in [0.2, 0.25) is 0 Å². The van der Waals surface area contributed by atoms with Gasteiger partial charge < -0.3 is 14.7 Å². The molecule has 25 heavy (non-hydrogen) atoms. The van der Waals surface area contributed by atoms with Crippen LogP contribution in [0.25, 0.3) is 0 Å². The van der Waals surface area contributed by atoms with Crippen molar-refractivity contribution >= 4 is 17.7 Å². The standard InChI is InChI=1S/C18H22FNO5/c1-25-16-4-2-13(11-14(16)19)15(21)3-5-17(22)20-8-6-12(7-9-20)10-18(23)24/h2,4,11-12H,3,5-10H2,1H3,(H,23,24). The summed E-state index contributed by atoms with van der Waals surface area (Å²) in [5.41, 5.74) is 0.214. The van der Waals surface area contributed by atoms with Crippen LogP contribution in [0.4, 0.5) is 4.39 Å². The summed E-state index contributed by atoms with van der Waals surface area (Å²) in [5, 5.41) is 8.79. The Kier molecular flexibility index (Phi) is 6.50. The van der Waals surface area contributed by atoms with E-state index < -0.39 is 11.8 Å². The van der Waals surface area contributed by atoms with Crippen LogP contribution in [-0.4, -0.2) is 47.9 Å². The highest BCUT2D eigenvalue weighted by Crippen LogP contribution is 2.22. The summed E-state index contributed by atoms with van der Waals surface area (Å²) >= 11 is 0. The van der Waals surface area contributed by atoms with E-state index in [1.807, 2.05) is 0 Å². The van der Waals surface area contributed by atoms with E-state index in [1.165, 1.54) is 19.2 Å². The summed E-state index contributed by atoms with van der Waals surface area (Å²) in [7, 11) is 1.35. The number of halogens is 1. The van der Waals surface area contributed by atoms with Crippen LogP contribution in [0.5, 0.6) is 5.75 Å². The smallest absolute Gasteiger partial charge is 0.303 e. The maximum Gasteiger partial charge on any atom is 0.303 e. The molecule has 0 aromatic heterocycles. The number of carbonyl (C=O) groups is 3. The van der Waals surface area contributed by atoms with Gasteiger partial charge in [-0.15, -0.1) is 0 Å². The van der Waals surface area contributed by atoms with Crippen molar-refractivity contribution in [2.45, 2.75) is 32.1 Å². The molecule has 0 saturated carbocycles. The first kappa shape index (κ1) is 18.9. The number of rotatable bonds is 7. The molecule has 6 nitrogen and oxygen atoms in total. The fourth-order valence-electron chi connectivity index (χ4n) is 3.00. The average molecular weight is 351 g/mol. The zero-order valence-electron chi connectivity index (χ0n) is 14.2. The van der Waals surface area contributed by atoms with Crippen molar-refractivity contribution in [1.29, 1.82) is 0 Å². The molecule has 0 radical (unpaired) electrons. The second kappa shape index (κ2) is 8.60. The minimum atomic E-state index is -0.818. The fraction of sp³-hybridized carbons (Fsp3) is 0.500. The predicted molar refractivity (Wildman–Crippen MR) is 88.1 cm³/mol. The minimum Gasteiger partial charge on any atom is -0.494 e. The van der Waals surface area contributed by atoms with Crippen LogP contribution in [0.3, 0.4) is 0 Å². The molecular formula is C18H22FNO5. The Morgan fingerprint density at radius 2 is 1.92 bits per heavy atom. The lowest BCUT2D eigenvalue weighted by atomic mass is 9.93. The molecule has 1 aliphatic heterocycles. The monoisotopic (exact) mass is 351 g/mol. The zero-order chi connectivity index (χ0) is 18.4. The molecule has 1 heterocycles. The fourth-order valence-corrected chi connectivity index (χ4v) is 3.00. The van der Waals surface area contributed by atoms with E-state index in [2.05, 4.69) is 0 Å². The van der Waals surface area contributed by atoms with Crippen molar-refractivity contribution in [3.8, 4) is 5.75 Å². The highest BCUT2D eigenvalue weighted by Gasteiger charge is 2.24. The highest BCUT2D eigenvalue weighted by atomic mass is 19.1. The number of benzene rings is 1. The second-order valence-electron chi connectivity index (χ2n) is 6.19. The molecule has 0 spiro atoms. The zero-order valence-corrected chi connectivity index (χ0v) is 14.2. The molecule has 1 amide bonds. The van der Waals surface area contributed by atoms with Gasteiger partial charge in [-0.3, -0.25) is 14.4 Å². The lowest BCUT2D eigenvalue weighted by Gasteiger charge is -2.31. The van der Waals surface area contributed by atoms with E-state index in [0.29, 0.717) is 25.9 Å². The molecule has 1 aliphatic rings. The number of ketones is 1. The first-order chi connectivity index (χ1) is 11.9. The summed E-state index contributed by atoms with van der Waals surface area (Å²) in [6.07, 6.45) is 1.53. The van der Waals surface area contributed by atoms with Gasteiger partial charge in [0.25, 0.3) is 0 Å². The lowest BCUT2D eigenvalue weighted by Crippen LogP contribution is -2.39. The molecule has 1 fully saturated rings. The summed E-state index contributed by atoms with van der Waals surface area (Å²) in [4.78, 5) is 36.7. The van der Waals surface area contributed by atoms with E-state index in [9.17, 15) is 18.8 Å².